The molecule has 0 fully saturated rings. The third-order valence-electron chi connectivity index (χ3n) is 3.72. The first-order chi connectivity index (χ1) is 9.45. The van der Waals surface area contributed by atoms with Gasteiger partial charge in [0.1, 0.15) is 0 Å². The van der Waals surface area contributed by atoms with Crippen molar-refractivity contribution in [3.63, 3.8) is 0 Å². The molecule has 1 aromatic rings. The van der Waals surface area contributed by atoms with Gasteiger partial charge in [0.2, 0.25) is 11.8 Å². The molecule has 4 N–H and O–H groups in total. The van der Waals surface area contributed by atoms with Crippen LogP contribution in [0.5, 0.6) is 0 Å². The Balaban J connectivity index is 2.92. The topological polar surface area (TPSA) is 84.2 Å². The summed E-state index contributed by atoms with van der Waals surface area (Å²) in [5.41, 5.74) is 5.67. The van der Waals surface area contributed by atoms with E-state index in [0.717, 1.165) is 0 Å². The van der Waals surface area contributed by atoms with E-state index >= 15 is 0 Å². The molecule has 0 spiro atoms. The highest BCUT2D eigenvalue weighted by Gasteiger charge is 2.40. The number of amides is 2. The number of rotatable bonds is 4. The molecule has 0 saturated carbocycles. The highest BCUT2D eigenvalue weighted by Crippen LogP contribution is 2.31. The molecular formula is C15H22ClN3O2. The summed E-state index contributed by atoms with van der Waals surface area (Å²) < 4.78 is 0. The number of benzene rings is 1. The first-order valence-electron chi connectivity index (χ1n) is 6.62. The van der Waals surface area contributed by atoms with E-state index < -0.39 is 11.0 Å². The van der Waals surface area contributed by atoms with E-state index in [2.05, 4.69) is 10.6 Å². The van der Waals surface area contributed by atoms with Crippen molar-refractivity contribution in [2.75, 3.05) is 10.6 Å². The second-order valence-corrected chi connectivity index (χ2v) is 6.58. The Kier molecular flexibility index (Phi) is 5.02. The summed E-state index contributed by atoms with van der Waals surface area (Å²) >= 11 is 6.07. The third kappa shape index (κ3) is 4.19. The fourth-order valence-corrected chi connectivity index (χ4v) is 1.69. The Morgan fingerprint density at radius 1 is 1.14 bits per heavy atom. The molecule has 21 heavy (non-hydrogen) atoms. The van der Waals surface area contributed by atoms with Crippen LogP contribution in [0.25, 0.3) is 0 Å². The van der Waals surface area contributed by atoms with Crippen molar-refractivity contribution < 1.29 is 9.59 Å². The van der Waals surface area contributed by atoms with Crippen molar-refractivity contribution in [1.82, 2.24) is 0 Å². The first-order valence-corrected chi connectivity index (χ1v) is 7.00. The van der Waals surface area contributed by atoms with Crippen LogP contribution in [-0.4, -0.2) is 17.4 Å². The maximum Gasteiger partial charge on any atom is 0.231 e. The SMILES string of the molecule is CC(=O)Nc1ccc(NC(=O)C(C)(C)C(C)(C)N)cc1Cl. The van der Waals surface area contributed by atoms with Crippen molar-refractivity contribution >= 4 is 34.8 Å². The summed E-state index contributed by atoms with van der Waals surface area (Å²) in [6, 6.07) is 4.90. The lowest BCUT2D eigenvalue weighted by Gasteiger charge is -2.36. The standard InChI is InChI=1S/C15H22ClN3O2/c1-9(20)18-12-7-6-10(8-11(12)16)19-13(21)14(2,3)15(4,5)17/h6-8H,17H2,1-5H3,(H,18,20)(H,19,21). The maximum absolute atomic E-state index is 12.4. The number of anilines is 2. The van der Waals surface area contributed by atoms with Gasteiger partial charge in [0, 0.05) is 18.2 Å². The number of nitrogens with two attached hydrogens (primary N) is 1. The molecule has 0 bridgehead atoms. The van der Waals surface area contributed by atoms with Gasteiger partial charge in [0.15, 0.2) is 0 Å². The van der Waals surface area contributed by atoms with Gasteiger partial charge < -0.3 is 16.4 Å². The Bertz CT molecular complexity index is 563. The molecule has 0 heterocycles. The zero-order valence-electron chi connectivity index (χ0n) is 13.0. The Morgan fingerprint density at radius 2 is 1.71 bits per heavy atom. The summed E-state index contributed by atoms with van der Waals surface area (Å²) in [5, 5.41) is 5.75. The van der Waals surface area contributed by atoms with E-state index in [1.807, 2.05) is 0 Å². The maximum atomic E-state index is 12.4. The Labute approximate surface area is 130 Å². The van der Waals surface area contributed by atoms with Crippen LogP contribution in [0.2, 0.25) is 5.02 Å². The lowest BCUT2D eigenvalue weighted by Crippen LogP contribution is -2.53. The van der Waals surface area contributed by atoms with E-state index in [1.165, 1.54) is 6.92 Å². The van der Waals surface area contributed by atoms with Gasteiger partial charge in [-0.2, -0.15) is 0 Å². The highest BCUT2D eigenvalue weighted by molar-refractivity contribution is 6.34. The van der Waals surface area contributed by atoms with Crippen molar-refractivity contribution in [2.24, 2.45) is 11.1 Å². The number of hydrogen-bond acceptors (Lipinski definition) is 3. The molecule has 0 saturated heterocycles. The zero-order chi connectivity index (χ0) is 16.4. The van der Waals surface area contributed by atoms with Crippen LogP contribution < -0.4 is 16.4 Å². The van der Waals surface area contributed by atoms with Gasteiger partial charge in [-0.25, -0.2) is 0 Å². The molecule has 116 valence electrons. The van der Waals surface area contributed by atoms with Crippen molar-refractivity contribution in [3.8, 4) is 0 Å². The molecule has 0 aromatic heterocycles. The molecule has 0 aliphatic rings. The van der Waals surface area contributed by atoms with E-state index in [9.17, 15) is 9.59 Å². The van der Waals surface area contributed by atoms with E-state index in [1.54, 1.807) is 45.9 Å². The van der Waals surface area contributed by atoms with Gasteiger partial charge in [-0.05, 0) is 45.9 Å². The smallest absolute Gasteiger partial charge is 0.231 e. The minimum Gasteiger partial charge on any atom is -0.326 e. The fourth-order valence-electron chi connectivity index (χ4n) is 1.46. The molecular weight excluding hydrogens is 290 g/mol. The molecule has 6 heteroatoms. The number of halogens is 1. The zero-order valence-corrected chi connectivity index (χ0v) is 13.8. The van der Waals surface area contributed by atoms with Crippen LogP contribution in [0.15, 0.2) is 18.2 Å². The largest absolute Gasteiger partial charge is 0.326 e. The van der Waals surface area contributed by atoms with Gasteiger partial charge >= 0.3 is 0 Å². The van der Waals surface area contributed by atoms with Crippen LogP contribution in [0, 0.1) is 5.41 Å². The summed E-state index contributed by atoms with van der Waals surface area (Å²) in [6.45, 7) is 8.59. The van der Waals surface area contributed by atoms with Crippen LogP contribution in [0.4, 0.5) is 11.4 Å². The molecule has 0 aliphatic carbocycles. The minimum atomic E-state index is -0.754. The Morgan fingerprint density at radius 3 is 2.14 bits per heavy atom. The second-order valence-electron chi connectivity index (χ2n) is 6.18. The van der Waals surface area contributed by atoms with Crippen LogP contribution in [0.1, 0.15) is 34.6 Å². The molecule has 5 nitrogen and oxygen atoms in total. The average Bonchev–Trinajstić information content (AvgIpc) is 2.30. The number of nitrogens with one attached hydrogen (secondary N) is 2. The predicted octanol–water partition coefficient (Wildman–Crippen LogP) is 3.00. The molecule has 2 amide bonds. The van der Waals surface area contributed by atoms with Crippen LogP contribution in [0.3, 0.4) is 0 Å². The molecule has 0 aliphatic heterocycles. The number of hydrogen-bond donors (Lipinski definition) is 3. The monoisotopic (exact) mass is 311 g/mol. The highest BCUT2D eigenvalue weighted by atomic mass is 35.5. The second kappa shape index (κ2) is 6.03. The van der Waals surface area contributed by atoms with Crippen molar-refractivity contribution in [2.45, 2.75) is 40.2 Å². The fraction of sp³-hybridized carbons (Fsp3) is 0.467. The summed E-state index contributed by atoms with van der Waals surface area (Å²) in [6.07, 6.45) is 0. The van der Waals surface area contributed by atoms with Crippen LogP contribution >= 0.6 is 11.6 Å². The molecule has 0 unspecified atom stereocenters. The lowest BCUT2D eigenvalue weighted by atomic mass is 9.74. The van der Waals surface area contributed by atoms with Gasteiger partial charge in [-0.1, -0.05) is 11.6 Å². The van der Waals surface area contributed by atoms with Gasteiger partial charge in [0.05, 0.1) is 16.1 Å². The normalized spacial score (nSPS) is 12.0. The van der Waals surface area contributed by atoms with Gasteiger partial charge in [-0.15, -0.1) is 0 Å². The Hall–Kier alpha value is -1.59. The molecule has 0 atom stereocenters. The molecule has 1 aromatic carbocycles. The minimum absolute atomic E-state index is 0.196. The van der Waals surface area contributed by atoms with Gasteiger partial charge in [0.25, 0.3) is 0 Å². The van der Waals surface area contributed by atoms with Crippen LogP contribution in [-0.2, 0) is 9.59 Å². The first kappa shape index (κ1) is 17.5. The lowest BCUT2D eigenvalue weighted by molar-refractivity contribution is -0.126. The summed E-state index contributed by atoms with van der Waals surface area (Å²) in [7, 11) is 0. The third-order valence-corrected chi connectivity index (χ3v) is 4.03. The average molecular weight is 312 g/mol. The molecule has 1 rings (SSSR count). The predicted molar refractivity (Wildman–Crippen MR) is 86.4 cm³/mol. The number of carbonyl (C=O) groups is 2. The van der Waals surface area contributed by atoms with Crippen molar-refractivity contribution in [3.05, 3.63) is 23.2 Å². The van der Waals surface area contributed by atoms with E-state index in [4.69, 9.17) is 17.3 Å². The summed E-state index contributed by atoms with van der Waals surface area (Å²) in [4.78, 5) is 23.4. The van der Waals surface area contributed by atoms with E-state index in [-0.39, 0.29) is 11.8 Å². The van der Waals surface area contributed by atoms with Gasteiger partial charge in [-0.3, -0.25) is 9.59 Å². The number of carbonyl (C=O) groups excluding carboxylic acids is 2. The summed E-state index contributed by atoms with van der Waals surface area (Å²) in [5.74, 6) is -0.405. The van der Waals surface area contributed by atoms with E-state index in [0.29, 0.717) is 16.4 Å². The quantitative estimate of drug-likeness (QED) is 0.799. The van der Waals surface area contributed by atoms with Crippen molar-refractivity contribution in [1.29, 1.82) is 0 Å². The molecule has 0 radical (unpaired) electrons.